The minimum Gasteiger partial charge on any atom is -0.494 e. The summed E-state index contributed by atoms with van der Waals surface area (Å²) >= 11 is 0. The highest BCUT2D eigenvalue weighted by molar-refractivity contribution is 5.64. The van der Waals surface area contributed by atoms with Crippen LogP contribution < -0.4 is 4.74 Å². The van der Waals surface area contributed by atoms with E-state index in [1.165, 1.54) is 61.6 Å². The molecule has 0 saturated heterocycles. The first-order chi connectivity index (χ1) is 13.7. The molecule has 1 aliphatic carbocycles. The summed E-state index contributed by atoms with van der Waals surface area (Å²) in [6, 6.07) is 17.9. The third-order valence-corrected chi connectivity index (χ3v) is 6.24. The molecule has 0 N–H and O–H groups in total. The smallest absolute Gasteiger partial charge is 0.119 e. The molecular weight excluding hydrogens is 340 g/mol. The van der Waals surface area contributed by atoms with Gasteiger partial charge in [0.15, 0.2) is 0 Å². The van der Waals surface area contributed by atoms with Crippen LogP contribution in [0.1, 0.15) is 83.6 Å². The van der Waals surface area contributed by atoms with Crippen LogP contribution in [0, 0.1) is 11.8 Å². The maximum atomic E-state index is 5.83. The Kier molecular flexibility index (Phi) is 8.01. The van der Waals surface area contributed by atoms with Gasteiger partial charge >= 0.3 is 0 Å². The molecule has 1 nitrogen and oxygen atoms in total. The molecule has 28 heavy (non-hydrogen) atoms. The van der Waals surface area contributed by atoms with Gasteiger partial charge in [0.2, 0.25) is 0 Å². The second kappa shape index (κ2) is 10.7. The van der Waals surface area contributed by atoms with Crippen LogP contribution in [0.15, 0.2) is 48.5 Å². The first-order valence-corrected chi connectivity index (χ1v) is 11.5. The number of hydrogen-bond donors (Lipinski definition) is 0. The van der Waals surface area contributed by atoms with Gasteiger partial charge in [-0.25, -0.2) is 0 Å². The maximum absolute atomic E-state index is 5.83. The Labute approximate surface area is 172 Å². The average Bonchev–Trinajstić information content (AvgIpc) is 2.72. The third-order valence-electron chi connectivity index (χ3n) is 6.24. The van der Waals surface area contributed by atoms with Gasteiger partial charge in [-0.15, -0.1) is 0 Å². The van der Waals surface area contributed by atoms with E-state index in [1.807, 2.05) is 0 Å². The Morgan fingerprint density at radius 3 is 2.00 bits per heavy atom. The fraction of sp³-hybridized carbons (Fsp3) is 0.556. The van der Waals surface area contributed by atoms with Crippen LogP contribution in [0.25, 0.3) is 11.1 Å². The molecule has 0 atom stereocenters. The highest BCUT2D eigenvalue weighted by Crippen LogP contribution is 2.38. The second-order valence-corrected chi connectivity index (χ2v) is 9.05. The van der Waals surface area contributed by atoms with Crippen LogP contribution in [-0.2, 0) is 0 Å². The Bertz CT molecular complexity index is 675. The van der Waals surface area contributed by atoms with Gasteiger partial charge in [-0.05, 0) is 85.1 Å². The van der Waals surface area contributed by atoms with Gasteiger partial charge in [0.05, 0.1) is 6.61 Å². The van der Waals surface area contributed by atoms with E-state index in [-0.39, 0.29) is 0 Å². The average molecular weight is 379 g/mol. The number of hydrogen-bond acceptors (Lipinski definition) is 1. The summed E-state index contributed by atoms with van der Waals surface area (Å²) in [5.74, 6) is 3.54. The first kappa shape index (κ1) is 21.0. The molecule has 0 unspecified atom stereocenters. The molecule has 2 aromatic carbocycles. The molecule has 1 aliphatic rings. The van der Waals surface area contributed by atoms with E-state index in [1.54, 1.807) is 0 Å². The molecular formula is C27H38O. The van der Waals surface area contributed by atoms with Crippen molar-refractivity contribution in [2.45, 2.75) is 78.1 Å². The van der Waals surface area contributed by atoms with Crippen molar-refractivity contribution in [1.82, 2.24) is 0 Å². The van der Waals surface area contributed by atoms with Crippen molar-refractivity contribution in [3.8, 4) is 16.9 Å². The minimum atomic E-state index is 0.761. The lowest BCUT2D eigenvalue weighted by Gasteiger charge is -2.29. The van der Waals surface area contributed by atoms with Crippen molar-refractivity contribution in [1.29, 1.82) is 0 Å². The number of unbranched alkanes of at least 4 members (excludes halogenated alkanes) is 2. The summed E-state index contributed by atoms with van der Waals surface area (Å²) in [5.41, 5.74) is 4.10. The van der Waals surface area contributed by atoms with Crippen LogP contribution in [-0.4, -0.2) is 6.61 Å². The van der Waals surface area contributed by atoms with Crippen LogP contribution in [0.2, 0.25) is 0 Å². The van der Waals surface area contributed by atoms with Gasteiger partial charge in [-0.3, -0.25) is 0 Å². The molecule has 1 fully saturated rings. The standard InChI is InChI=1S/C27H38O/c1-4-5-6-19-28-27-17-15-26(16-18-27)25-13-11-24(12-14-25)23-9-7-22(8-10-23)20-21(2)3/h11-18,21-23H,4-10,19-20H2,1-3H3. The zero-order valence-corrected chi connectivity index (χ0v) is 18.1. The summed E-state index contributed by atoms with van der Waals surface area (Å²) in [4.78, 5) is 0. The van der Waals surface area contributed by atoms with E-state index < -0.39 is 0 Å². The number of benzene rings is 2. The first-order valence-electron chi connectivity index (χ1n) is 11.5. The lowest BCUT2D eigenvalue weighted by atomic mass is 9.76. The highest BCUT2D eigenvalue weighted by Gasteiger charge is 2.22. The molecule has 152 valence electrons. The van der Waals surface area contributed by atoms with Crippen molar-refractivity contribution in [2.24, 2.45) is 11.8 Å². The van der Waals surface area contributed by atoms with Crippen LogP contribution in [0.3, 0.4) is 0 Å². The zero-order chi connectivity index (χ0) is 19.8. The lowest BCUT2D eigenvalue weighted by molar-refractivity contribution is 0.283. The molecule has 0 spiro atoms. The normalized spacial score (nSPS) is 19.7. The van der Waals surface area contributed by atoms with Crippen LogP contribution >= 0.6 is 0 Å². The van der Waals surface area contributed by atoms with Crippen molar-refractivity contribution < 1.29 is 4.74 Å². The summed E-state index contributed by atoms with van der Waals surface area (Å²) in [5, 5.41) is 0. The minimum absolute atomic E-state index is 0.761. The largest absolute Gasteiger partial charge is 0.494 e. The molecule has 2 aromatic rings. The van der Waals surface area contributed by atoms with E-state index in [4.69, 9.17) is 4.74 Å². The molecule has 1 heteroatoms. The second-order valence-electron chi connectivity index (χ2n) is 9.05. The quantitative estimate of drug-likeness (QED) is 0.399. The van der Waals surface area contributed by atoms with Crippen molar-refractivity contribution in [3.05, 3.63) is 54.1 Å². The summed E-state index contributed by atoms with van der Waals surface area (Å²) in [7, 11) is 0. The Morgan fingerprint density at radius 2 is 1.43 bits per heavy atom. The lowest BCUT2D eigenvalue weighted by Crippen LogP contribution is -2.14. The monoisotopic (exact) mass is 378 g/mol. The van der Waals surface area contributed by atoms with Gasteiger partial charge in [0, 0.05) is 0 Å². The molecule has 0 radical (unpaired) electrons. The van der Waals surface area contributed by atoms with Crippen LogP contribution in [0.5, 0.6) is 5.75 Å². The molecule has 0 bridgehead atoms. The van der Waals surface area contributed by atoms with Gasteiger partial charge < -0.3 is 4.74 Å². The van der Waals surface area contributed by atoms with E-state index >= 15 is 0 Å². The van der Waals surface area contributed by atoms with E-state index in [0.29, 0.717) is 0 Å². The molecule has 0 aromatic heterocycles. The Hall–Kier alpha value is -1.76. The summed E-state index contributed by atoms with van der Waals surface area (Å²) in [6.45, 7) is 7.76. The molecule has 3 rings (SSSR count). The molecule has 0 heterocycles. The summed E-state index contributed by atoms with van der Waals surface area (Å²) in [6.07, 6.45) is 10.6. The van der Waals surface area contributed by atoms with E-state index in [9.17, 15) is 0 Å². The number of ether oxygens (including phenoxy) is 1. The van der Waals surface area contributed by atoms with Gasteiger partial charge in [-0.1, -0.05) is 70.0 Å². The Morgan fingerprint density at radius 1 is 0.821 bits per heavy atom. The predicted octanol–water partition coefficient (Wildman–Crippen LogP) is 8.24. The predicted molar refractivity (Wildman–Crippen MR) is 121 cm³/mol. The van der Waals surface area contributed by atoms with Crippen LogP contribution in [0.4, 0.5) is 0 Å². The van der Waals surface area contributed by atoms with E-state index in [2.05, 4.69) is 69.3 Å². The summed E-state index contributed by atoms with van der Waals surface area (Å²) < 4.78 is 5.83. The van der Waals surface area contributed by atoms with Gasteiger partial charge in [-0.2, -0.15) is 0 Å². The maximum Gasteiger partial charge on any atom is 0.119 e. The molecule has 1 saturated carbocycles. The zero-order valence-electron chi connectivity index (χ0n) is 18.1. The SMILES string of the molecule is CCCCCOc1ccc(-c2ccc(C3CCC(CC(C)C)CC3)cc2)cc1. The third kappa shape index (κ3) is 6.12. The van der Waals surface area contributed by atoms with Crippen molar-refractivity contribution in [2.75, 3.05) is 6.61 Å². The topological polar surface area (TPSA) is 9.23 Å². The van der Waals surface area contributed by atoms with Gasteiger partial charge in [0.25, 0.3) is 0 Å². The molecule has 0 aliphatic heterocycles. The Balaban J connectivity index is 1.53. The van der Waals surface area contributed by atoms with Crippen molar-refractivity contribution in [3.63, 3.8) is 0 Å². The molecule has 0 amide bonds. The highest BCUT2D eigenvalue weighted by atomic mass is 16.5. The fourth-order valence-corrected chi connectivity index (χ4v) is 4.63. The van der Waals surface area contributed by atoms with Gasteiger partial charge in [0.1, 0.15) is 5.75 Å². The number of rotatable bonds is 9. The van der Waals surface area contributed by atoms with Crippen molar-refractivity contribution >= 4 is 0 Å². The fourth-order valence-electron chi connectivity index (χ4n) is 4.63. The van der Waals surface area contributed by atoms with E-state index in [0.717, 1.165) is 36.5 Å².